The number of fused-ring (bicyclic) bond motifs is 13. The van der Waals surface area contributed by atoms with Crippen molar-refractivity contribution in [2.24, 2.45) is 0 Å². The van der Waals surface area contributed by atoms with Crippen LogP contribution in [0.25, 0.3) is 88.7 Å². The highest BCUT2D eigenvalue weighted by Gasteiger charge is 2.53. The number of hydrogen-bond acceptors (Lipinski definition) is 3. The lowest BCUT2D eigenvalue weighted by molar-refractivity contribution is 0.669. The van der Waals surface area contributed by atoms with Crippen molar-refractivity contribution in [2.75, 3.05) is 9.80 Å². The number of para-hydroxylation sites is 5. The second kappa shape index (κ2) is 19.3. The molecule has 0 N–H and O–H groups in total. The predicted octanol–water partition coefficient (Wildman–Crippen LogP) is 21.5. The summed E-state index contributed by atoms with van der Waals surface area (Å²) < 4.78 is 6.52. The first-order valence-corrected chi connectivity index (χ1v) is 28.2. The number of hydrogen-bond donors (Lipinski definition) is 0. The Bertz CT molecular complexity index is 4630. The standard InChI is InChI=1S/C79H52N2O/c1-6-20-53(21-7-1)56-41-48-71-69(50-56)77-65(54-36-43-63(44-37-54)80(59-22-8-2-9-23-59)60-24-10-3-11-25-60)31-18-33-73(77)79(71)72-49-42-57(58-40-47-68-67-30-16-17-35-75(67)82-76(68)52-58)51-70(72)78-66(32-19-34-74(78)79)55-38-45-64(46-39-55)81(61-26-12-4-13-27-61)62-28-14-5-15-29-62/h1-52H. The Balaban J connectivity index is 0.913. The molecule has 1 spiro atoms. The van der Waals surface area contributed by atoms with E-state index in [9.17, 15) is 0 Å². The summed E-state index contributed by atoms with van der Waals surface area (Å²) in [6.07, 6.45) is 0. The minimum Gasteiger partial charge on any atom is -0.456 e. The lowest BCUT2D eigenvalue weighted by atomic mass is 9.70. The SMILES string of the molecule is c1ccc(-c2ccc3c(c2)-c2c(-c4ccc(N(c5ccccc5)c5ccccc5)cc4)cccc2C32c3ccc(-c4ccc5c(c4)oc4ccccc45)cc3-c3c(-c4ccc(N(c5ccccc5)c5ccccc5)cc4)cccc32)cc1. The Kier molecular flexibility index (Phi) is 11.1. The van der Waals surface area contributed by atoms with Crippen LogP contribution in [0.15, 0.2) is 320 Å². The Morgan fingerprint density at radius 3 is 1.06 bits per heavy atom. The molecule has 0 saturated carbocycles. The summed E-state index contributed by atoms with van der Waals surface area (Å²) in [6.45, 7) is 0. The number of furan rings is 1. The minimum absolute atomic E-state index is 0.646. The largest absolute Gasteiger partial charge is 0.456 e. The van der Waals surface area contributed by atoms with Gasteiger partial charge in [-0.05, 0) is 192 Å². The number of benzene rings is 13. The molecule has 1 heterocycles. The van der Waals surface area contributed by atoms with Crippen LogP contribution in [0.2, 0.25) is 0 Å². The minimum atomic E-state index is -0.646. The monoisotopic (exact) mass is 1040 g/mol. The van der Waals surface area contributed by atoms with Gasteiger partial charge >= 0.3 is 0 Å². The molecule has 0 bridgehead atoms. The third kappa shape index (κ3) is 7.51. The van der Waals surface area contributed by atoms with Gasteiger partial charge in [0.05, 0.1) is 5.41 Å². The zero-order chi connectivity index (χ0) is 54.1. The fraction of sp³-hybridized carbons (Fsp3) is 0.0127. The predicted molar refractivity (Wildman–Crippen MR) is 341 cm³/mol. The van der Waals surface area contributed by atoms with E-state index < -0.39 is 5.41 Å². The van der Waals surface area contributed by atoms with E-state index in [1.54, 1.807) is 0 Å². The highest BCUT2D eigenvalue weighted by Crippen LogP contribution is 2.66. The molecule has 0 aliphatic heterocycles. The second-order valence-corrected chi connectivity index (χ2v) is 21.5. The highest BCUT2D eigenvalue weighted by molar-refractivity contribution is 6.07. The van der Waals surface area contributed by atoms with Gasteiger partial charge in [-0.2, -0.15) is 0 Å². The van der Waals surface area contributed by atoms with Crippen molar-refractivity contribution in [3.63, 3.8) is 0 Å². The molecular weight excluding hydrogens is 993 g/mol. The van der Waals surface area contributed by atoms with Gasteiger partial charge in [0.1, 0.15) is 11.2 Å². The van der Waals surface area contributed by atoms with E-state index in [0.717, 1.165) is 72.8 Å². The summed E-state index contributed by atoms with van der Waals surface area (Å²) >= 11 is 0. The van der Waals surface area contributed by atoms with Gasteiger partial charge in [-0.1, -0.05) is 212 Å². The molecule has 0 fully saturated rings. The normalized spacial score (nSPS) is 13.7. The van der Waals surface area contributed by atoms with Crippen molar-refractivity contribution in [3.05, 3.63) is 338 Å². The molecule has 1 atom stereocenters. The van der Waals surface area contributed by atoms with Crippen LogP contribution >= 0.6 is 0 Å². The molecule has 2 aliphatic rings. The van der Waals surface area contributed by atoms with Crippen LogP contribution in [0.3, 0.4) is 0 Å². The highest BCUT2D eigenvalue weighted by atomic mass is 16.3. The van der Waals surface area contributed by atoms with Crippen molar-refractivity contribution in [1.82, 2.24) is 0 Å². The maximum Gasteiger partial charge on any atom is 0.136 e. The van der Waals surface area contributed by atoms with Gasteiger partial charge in [-0.15, -0.1) is 0 Å². The lowest BCUT2D eigenvalue weighted by Gasteiger charge is -2.31. The van der Waals surface area contributed by atoms with Crippen molar-refractivity contribution < 1.29 is 4.42 Å². The topological polar surface area (TPSA) is 19.6 Å². The Labute approximate surface area is 477 Å². The summed E-state index contributed by atoms with van der Waals surface area (Å²) in [5, 5.41) is 2.25. The molecule has 384 valence electrons. The zero-order valence-electron chi connectivity index (χ0n) is 44.8. The summed E-state index contributed by atoms with van der Waals surface area (Å²) in [6, 6.07) is 115. The smallest absolute Gasteiger partial charge is 0.136 e. The van der Waals surface area contributed by atoms with Crippen LogP contribution in [0.1, 0.15) is 22.3 Å². The van der Waals surface area contributed by atoms with E-state index in [1.807, 2.05) is 6.07 Å². The van der Waals surface area contributed by atoms with Crippen LogP contribution in [-0.2, 0) is 5.41 Å². The molecule has 0 amide bonds. The average molecular weight is 1050 g/mol. The summed E-state index contributed by atoms with van der Waals surface area (Å²) in [5.74, 6) is 0. The van der Waals surface area contributed by atoms with E-state index >= 15 is 0 Å². The first kappa shape index (κ1) is 47.3. The second-order valence-electron chi connectivity index (χ2n) is 21.5. The number of rotatable bonds is 10. The molecule has 16 rings (SSSR count). The number of anilines is 6. The molecule has 13 aromatic carbocycles. The van der Waals surface area contributed by atoms with Gasteiger partial charge in [0.15, 0.2) is 0 Å². The molecule has 82 heavy (non-hydrogen) atoms. The van der Waals surface area contributed by atoms with Crippen LogP contribution in [0.4, 0.5) is 34.1 Å². The maximum absolute atomic E-state index is 6.52. The molecule has 3 nitrogen and oxygen atoms in total. The molecule has 3 heteroatoms. The molecule has 0 saturated heterocycles. The molecule has 14 aromatic rings. The van der Waals surface area contributed by atoms with Crippen molar-refractivity contribution in [3.8, 4) is 66.8 Å². The van der Waals surface area contributed by atoms with Crippen LogP contribution in [-0.4, -0.2) is 0 Å². The maximum atomic E-state index is 6.52. The summed E-state index contributed by atoms with van der Waals surface area (Å²) in [7, 11) is 0. The summed E-state index contributed by atoms with van der Waals surface area (Å²) in [4.78, 5) is 4.66. The Morgan fingerprint density at radius 1 is 0.220 bits per heavy atom. The van der Waals surface area contributed by atoms with Gasteiger partial charge in [0, 0.05) is 44.9 Å². The third-order valence-electron chi connectivity index (χ3n) is 17.1. The van der Waals surface area contributed by atoms with Crippen LogP contribution in [0, 0.1) is 0 Å². The molecular formula is C79H52N2O. The molecule has 0 radical (unpaired) electrons. The van der Waals surface area contributed by atoms with Gasteiger partial charge in [-0.25, -0.2) is 0 Å². The van der Waals surface area contributed by atoms with Crippen molar-refractivity contribution in [1.29, 1.82) is 0 Å². The summed E-state index contributed by atoms with van der Waals surface area (Å²) in [5.41, 5.74) is 27.3. The van der Waals surface area contributed by atoms with E-state index in [1.165, 1.54) is 72.3 Å². The van der Waals surface area contributed by atoms with Gasteiger partial charge < -0.3 is 14.2 Å². The third-order valence-corrected chi connectivity index (χ3v) is 17.1. The van der Waals surface area contributed by atoms with E-state index in [2.05, 4.69) is 319 Å². The van der Waals surface area contributed by atoms with E-state index in [0.29, 0.717) is 0 Å². The van der Waals surface area contributed by atoms with E-state index in [4.69, 9.17) is 4.42 Å². The Hall–Kier alpha value is -10.7. The fourth-order valence-corrected chi connectivity index (χ4v) is 13.5. The Morgan fingerprint density at radius 2 is 0.585 bits per heavy atom. The van der Waals surface area contributed by atoms with Gasteiger partial charge in [0.25, 0.3) is 0 Å². The van der Waals surface area contributed by atoms with Gasteiger partial charge in [0.2, 0.25) is 0 Å². The van der Waals surface area contributed by atoms with E-state index in [-0.39, 0.29) is 0 Å². The van der Waals surface area contributed by atoms with Gasteiger partial charge in [-0.3, -0.25) is 0 Å². The quantitative estimate of drug-likeness (QED) is 0.136. The number of nitrogens with zero attached hydrogens (tertiary/aromatic N) is 2. The van der Waals surface area contributed by atoms with Crippen molar-refractivity contribution in [2.45, 2.75) is 5.41 Å². The van der Waals surface area contributed by atoms with Crippen LogP contribution < -0.4 is 9.80 Å². The fourth-order valence-electron chi connectivity index (χ4n) is 13.5. The zero-order valence-corrected chi connectivity index (χ0v) is 44.8. The van der Waals surface area contributed by atoms with Crippen molar-refractivity contribution >= 4 is 56.1 Å². The van der Waals surface area contributed by atoms with Crippen LogP contribution in [0.5, 0.6) is 0 Å². The lowest BCUT2D eigenvalue weighted by Crippen LogP contribution is -2.25. The first-order chi connectivity index (χ1) is 40.7. The molecule has 1 aromatic heterocycles. The first-order valence-electron chi connectivity index (χ1n) is 28.2. The molecule has 1 unspecified atom stereocenters. The molecule has 2 aliphatic carbocycles. The average Bonchev–Trinajstić information content (AvgIpc) is 1.73.